The van der Waals surface area contributed by atoms with Gasteiger partial charge >= 0.3 is 0 Å². The van der Waals surface area contributed by atoms with E-state index in [1.54, 1.807) is 0 Å². The van der Waals surface area contributed by atoms with Gasteiger partial charge in [-0.15, -0.1) is 0 Å². The van der Waals surface area contributed by atoms with E-state index in [4.69, 9.17) is 11.6 Å². The first kappa shape index (κ1) is 15.8. The van der Waals surface area contributed by atoms with Crippen molar-refractivity contribution in [2.75, 3.05) is 18.0 Å². The van der Waals surface area contributed by atoms with Crippen molar-refractivity contribution in [3.8, 4) is 0 Å². The van der Waals surface area contributed by atoms with Crippen molar-refractivity contribution in [2.24, 2.45) is 5.41 Å². The highest BCUT2D eigenvalue weighted by atomic mass is 79.9. The number of aldehydes is 1. The minimum absolute atomic E-state index is 0.172. The van der Waals surface area contributed by atoms with Crippen LogP contribution in [0.5, 0.6) is 0 Å². The Balaban J connectivity index is 2.23. The highest BCUT2D eigenvalue weighted by molar-refractivity contribution is 9.09. The molecule has 2 rings (SSSR count). The normalized spacial score (nSPS) is 23.7. The number of nitrogens with zero attached hydrogens (tertiary/aromatic N) is 1. The van der Waals surface area contributed by atoms with Crippen LogP contribution in [0, 0.1) is 5.41 Å². The molecule has 1 aromatic rings. The summed E-state index contributed by atoms with van der Waals surface area (Å²) >= 11 is 9.65. The second-order valence-corrected chi connectivity index (χ2v) is 7.33. The van der Waals surface area contributed by atoms with Crippen molar-refractivity contribution in [1.29, 1.82) is 0 Å². The van der Waals surface area contributed by atoms with Crippen LogP contribution in [0.2, 0.25) is 5.02 Å². The average Bonchev–Trinajstić information content (AvgIpc) is 2.42. The molecule has 0 saturated carbocycles. The first-order valence-electron chi connectivity index (χ1n) is 6.79. The number of carbonyl (C=O) groups is 1. The van der Waals surface area contributed by atoms with Crippen molar-refractivity contribution in [2.45, 2.75) is 31.3 Å². The number of hydrogen-bond acceptors (Lipinski definition) is 3. The largest absolute Gasteiger partial charge is 0.365 e. The molecule has 1 aliphatic rings. The molecule has 1 saturated heterocycles. The summed E-state index contributed by atoms with van der Waals surface area (Å²) in [7, 11) is 0. The van der Waals surface area contributed by atoms with Gasteiger partial charge in [-0.2, -0.15) is 0 Å². The van der Waals surface area contributed by atoms with Gasteiger partial charge in [0.2, 0.25) is 0 Å². The Morgan fingerprint density at radius 2 is 2.10 bits per heavy atom. The fourth-order valence-electron chi connectivity index (χ4n) is 2.54. The van der Waals surface area contributed by atoms with E-state index < -0.39 is 0 Å². The first-order valence-corrected chi connectivity index (χ1v) is 8.08. The van der Waals surface area contributed by atoms with Crippen molar-refractivity contribution in [3.05, 3.63) is 29.3 Å². The zero-order valence-corrected chi connectivity index (χ0v) is 14.1. The second-order valence-electron chi connectivity index (χ2n) is 5.90. The molecule has 0 bridgehead atoms. The third-order valence-electron chi connectivity index (χ3n) is 3.64. The van der Waals surface area contributed by atoms with E-state index in [0.29, 0.717) is 0 Å². The Bertz CT molecular complexity index is 463. The SMILES string of the molecule is CC(C)(C=O)CC1C(Br)NCCN1c1ccc(Cl)cc1. The molecule has 0 aliphatic carbocycles. The van der Waals surface area contributed by atoms with Crippen LogP contribution < -0.4 is 10.2 Å². The number of nitrogens with one attached hydrogen (secondary N) is 1. The molecule has 2 atom stereocenters. The summed E-state index contributed by atoms with van der Waals surface area (Å²) in [4.78, 5) is 13.7. The number of hydrogen-bond donors (Lipinski definition) is 1. The smallest absolute Gasteiger partial charge is 0.125 e. The van der Waals surface area contributed by atoms with E-state index in [1.165, 1.54) is 0 Å². The zero-order valence-electron chi connectivity index (χ0n) is 11.8. The van der Waals surface area contributed by atoms with Gasteiger partial charge in [0.1, 0.15) is 6.29 Å². The Kier molecular flexibility index (Phi) is 5.10. The summed E-state index contributed by atoms with van der Waals surface area (Å²) in [6, 6.07) is 8.11. The number of rotatable bonds is 4. The molecule has 0 aromatic heterocycles. The van der Waals surface area contributed by atoms with Gasteiger partial charge in [-0.05, 0) is 30.7 Å². The van der Waals surface area contributed by atoms with Crippen molar-refractivity contribution in [1.82, 2.24) is 5.32 Å². The third-order valence-corrected chi connectivity index (χ3v) is 4.83. The minimum Gasteiger partial charge on any atom is -0.365 e. The number of piperazine rings is 1. The molecular weight excluding hydrogens is 340 g/mol. The standard InChI is InChI=1S/C15H20BrClN2O/c1-15(2,10-20)9-13-14(16)18-7-8-19(13)12-5-3-11(17)4-6-12/h3-6,10,13-14,18H,7-9H2,1-2H3. The second kappa shape index (κ2) is 6.46. The van der Waals surface area contributed by atoms with Crippen LogP contribution >= 0.6 is 27.5 Å². The molecule has 5 heteroatoms. The number of benzene rings is 1. The topological polar surface area (TPSA) is 32.3 Å². The van der Waals surface area contributed by atoms with Gasteiger partial charge in [-0.25, -0.2) is 0 Å². The fourth-order valence-corrected chi connectivity index (χ4v) is 3.36. The number of carbonyl (C=O) groups excluding carboxylic acids is 1. The van der Waals surface area contributed by atoms with Gasteiger partial charge in [-0.3, -0.25) is 0 Å². The number of halogens is 2. The Hall–Kier alpha value is -0.580. The molecule has 20 heavy (non-hydrogen) atoms. The van der Waals surface area contributed by atoms with Crippen LogP contribution in [0.3, 0.4) is 0 Å². The van der Waals surface area contributed by atoms with E-state index in [-0.39, 0.29) is 16.4 Å². The Morgan fingerprint density at radius 3 is 2.70 bits per heavy atom. The maximum absolute atomic E-state index is 11.2. The molecular formula is C15H20BrClN2O. The van der Waals surface area contributed by atoms with Crippen LogP contribution in [0.1, 0.15) is 20.3 Å². The van der Waals surface area contributed by atoms with Crippen LogP contribution in [-0.4, -0.2) is 30.4 Å². The lowest BCUT2D eigenvalue weighted by Gasteiger charge is -2.43. The van der Waals surface area contributed by atoms with Crippen molar-refractivity contribution >= 4 is 39.5 Å². The van der Waals surface area contributed by atoms with Gasteiger partial charge < -0.3 is 15.0 Å². The van der Waals surface area contributed by atoms with Gasteiger partial charge in [0, 0.05) is 29.2 Å². The molecule has 1 aromatic carbocycles. The molecule has 3 nitrogen and oxygen atoms in total. The molecule has 0 spiro atoms. The summed E-state index contributed by atoms with van der Waals surface area (Å²) in [5.74, 6) is 0. The summed E-state index contributed by atoms with van der Waals surface area (Å²) in [5, 5.41) is 4.16. The molecule has 0 radical (unpaired) electrons. The fraction of sp³-hybridized carbons (Fsp3) is 0.533. The van der Waals surface area contributed by atoms with Gasteiger partial charge in [0.25, 0.3) is 0 Å². The number of anilines is 1. The van der Waals surface area contributed by atoms with Gasteiger partial charge in [-0.1, -0.05) is 41.4 Å². The van der Waals surface area contributed by atoms with Crippen molar-refractivity contribution < 1.29 is 4.79 Å². The van der Waals surface area contributed by atoms with Crippen LogP contribution in [-0.2, 0) is 4.79 Å². The summed E-state index contributed by atoms with van der Waals surface area (Å²) in [6.07, 6.45) is 1.84. The Morgan fingerprint density at radius 1 is 1.45 bits per heavy atom. The number of alkyl halides is 1. The predicted octanol–water partition coefficient (Wildman–Crippen LogP) is 3.45. The molecule has 0 amide bonds. The summed E-state index contributed by atoms with van der Waals surface area (Å²) < 4.78 is 0. The quantitative estimate of drug-likeness (QED) is 0.508. The lowest BCUT2D eigenvalue weighted by atomic mass is 9.86. The molecule has 110 valence electrons. The van der Waals surface area contributed by atoms with Crippen LogP contribution in [0.4, 0.5) is 5.69 Å². The highest BCUT2D eigenvalue weighted by Crippen LogP contribution is 2.31. The summed E-state index contributed by atoms with van der Waals surface area (Å²) in [6.45, 7) is 5.79. The molecule has 1 heterocycles. The van der Waals surface area contributed by atoms with E-state index in [0.717, 1.165) is 36.5 Å². The average molecular weight is 360 g/mol. The summed E-state index contributed by atoms with van der Waals surface area (Å²) in [5.41, 5.74) is 0.812. The molecule has 1 N–H and O–H groups in total. The van der Waals surface area contributed by atoms with Crippen LogP contribution in [0.25, 0.3) is 0 Å². The molecule has 2 unspecified atom stereocenters. The van der Waals surface area contributed by atoms with Gasteiger partial charge in [0.15, 0.2) is 0 Å². The van der Waals surface area contributed by atoms with E-state index in [2.05, 4.69) is 26.1 Å². The monoisotopic (exact) mass is 358 g/mol. The van der Waals surface area contributed by atoms with E-state index in [1.807, 2.05) is 38.1 Å². The first-order chi connectivity index (χ1) is 9.43. The highest BCUT2D eigenvalue weighted by Gasteiger charge is 2.34. The Labute approximate surface area is 133 Å². The lowest BCUT2D eigenvalue weighted by molar-refractivity contribution is -0.115. The van der Waals surface area contributed by atoms with E-state index >= 15 is 0 Å². The predicted molar refractivity (Wildman–Crippen MR) is 87.8 cm³/mol. The molecule has 1 fully saturated rings. The molecule has 1 aliphatic heterocycles. The van der Waals surface area contributed by atoms with Crippen LogP contribution in [0.15, 0.2) is 24.3 Å². The maximum atomic E-state index is 11.2. The van der Waals surface area contributed by atoms with E-state index in [9.17, 15) is 4.79 Å². The maximum Gasteiger partial charge on any atom is 0.125 e. The zero-order chi connectivity index (χ0) is 14.8. The third kappa shape index (κ3) is 3.74. The lowest BCUT2D eigenvalue weighted by Crippen LogP contribution is -2.57. The van der Waals surface area contributed by atoms with Gasteiger partial charge in [0.05, 0.1) is 11.0 Å². The van der Waals surface area contributed by atoms with Crippen molar-refractivity contribution in [3.63, 3.8) is 0 Å². The minimum atomic E-state index is -0.333.